The molecular weight excluding hydrogens is 709 g/mol. The average Bonchev–Trinajstić information content (AvgIpc) is 3.13. The van der Waals surface area contributed by atoms with Gasteiger partial charge < -0.3 is 18.9 Å². The summed E-state index contributed by atoms with van der Waals surface area (Å²) in [6.45, 7) is 5.50. The van der Waals surface area contributed by atoms with Crippen molar-refractivity contribution in [2.45, 2.75) is 187 Å². The van der Waals surface area contributed by atoms with Crippen LogP contribution in [0.2, 0.25) is 0 Å². The van der Waals surface area contributed by atoms with Crippen LogP contribution in [0, 0.1) is 0 Å². The van der Waals surface area contributed by atoms with E-state index in [-0.39, 0.29) is 25.8 Å². The Morgan fingerprint density at radius 1 is 0.582 bits per heavy atom. The first kappa shape index (κ1) is 53.5. The lowest BCUT2D eigenvalue weighted by Crippen LogP contribution is -2.37. The number of ether oxygens (including phenoxy) is 2. The minimum Gasteiger partial charge on any atom is -0.457 e. The van der Waals surface area contributed by atoms with E-state index in [0.717, 1.165) is 57.8 Å². The van der Waals surface area contributed by atoms with Crippen LogP contribution >= 0.6 is 7.82 Å². The van der Waals surface area contributed by atoms with Crippen LogP contribution < -0.4 is 0 Å². The van der Waals surface area contributed by atoms with Crippen LogP contribution in [0.25, 0.3) is 0 Å². The van der Waals surface area contributed by atoms with Gasteiger partial charge in [-0.3, -0.25) is 13.8 Å². The lowest BCUT2D eigenvalue weighted by molar-refractivity contribution is -0.870. The van der Waals surface area contributed by atoms with E-state index >= 15 is 0 Å². The summed E-state index contributed by atoms with van der Waals surface area (Å²) in [5, 5.41) is 0. The summed E-state index contributed by atoms with van der Waals surface area (Å²) in [6, 6.07) is 0. The molecule has 0 amide bonds. The van der Waals surface area contributed by atoms with Crippen molar-refractivity contribution < 1.29 is 37.3 Å². The molecule has 2 atom stereocenters. The summed E-state index contributed by atoms with van der Waals surface area (Å²) in [5.41, 5.74) is 0. The van der Waals surface area contributed by atoms with Gasteiger partial charge >= 0.3 is 13.8 Å². The van der Waals surface area contributed by atoms with E-state index in [1.165, 1.54) is 103 Å². The highest BCUT2D eigenvalue weighted by atomic mass is 31.2. The third-order valence-corrected chi connectivity index (χ3v) is 10.4. The lowest BCUT2D eigenvalue weighted by Gasteiger charge is -2.24. The Hall–Kier alpha value is -1.54. The highest BCUT2D eigenvalue weighted by molar-refractivity contribution is 7.47. The van der Waals surface area contributed by atoms with E-state index in [2.05, 4.69) is 62.5 Å². The van der Waals surface area contributed by atoms with Gasteiger partial charge in [0.2, 0.25) is 0 Å². The minimum absolute atomic E-state index is 0.0875. The monoisotopic (exact) mass is 797 g/mol. The van der Waals surface area contributed by atoms with Crippen LogP contribution in [0.15, 0.2) is 48.6 Å². The van der Waals surface area contributed by atoms with E-state index in [0.29, 0.717) is 24.1 Å². The van der Waals surface area contributed by atoms with Gasteiger partial charge in [0.05, 0.1) is 34.4 Å². The Labute approximate surface area is 339 Å². The van der Waals surface area contributed by atoms with Crippen molar-refractivity contribution in [2.75, 3.05) is 54.1 Å². The Morgan fingerprint density at radius 2 is 1.05 bits per heavy atom. The van der Waals surface area contributed by atoms with E-state index < -0.39 is 13.9 Å². The molecular formula is C46H87NO7P+. The fourth-order valence-corrected chi connectivity index (χ4v) is 6.70. The van der Waals surface area contributed by atoms with Crippen LogP contribution in [0.5, 0.6) is 0 Å². The quantitative estimate of drug-likeness (QED) is 0.0217. The predicted octanol–water partition coefficient (Wildman–Crippen LogP) is 13.2. The molecule has 0 aliphatic carbocycles. The van der Waals surface area contributed by atoms with Crippen molar-refractivity contribution >= 4 is 13.8 Å². The number of rotatable bonds is 41. The normalized spacial score (nSPS) is 14.2. The molecule has 0 saturated carbocycles. The number of likely N-dealkylation sites (N-methyl/N-ethyl adjacent to an activating group) is 1. The number of allylic oxidation sites excluding steroid dienone is 8. The van der Waals surface area contributed by atoms with Crippen LogP contribution in [-0.2, 0) is 27.9 Å². The third-order valence-electron chi connectivity index (χ3n) is 9.40. The van der Waals surface area contributed by atoms with Gasteiger partial charge in [0.1, 0.15) is 19.3 Å². The van der Waals surface area contributed by atoms with Crippen LogP contribution in [0.1, 0.15) is 181 Å². The molecule has 0 aromatic rings. The van der Waals surface area contributed by atoms with Crippen molar-refractivity contribution in [3.63, 3.8) is 0 Å². The van der Waals surface area contributed by atoms with Crippen LogP contribution in [0.4, 0.5) is 0 Å². The third kappa shape index (κ3) is 43.4. The maximum absolute atomic E-state index is 12.7. The first-order chi connectivity index (χ1) is 26.6. The molecule has 0 aliphatic rings. The molecule has 0 saturated heterocycles. The smallest absolute Gasteiger partial charge is 0.457 e. The Balaban J connectivity index is 4.13. The standard InChI is InChI=1S/C46H86NO7P/c1-6-8-10-12-14-16-18-19-20-21-22-23-24-25-26-27-28-29-30-31-33-35-37-39-46(48)54-45(44-53-55(49,50)52-42-40-47(3,4)5)43-51-41-38-36-34-32-17-15-13-11-9-7-2/h8,10,14,16,19-20,22-23,45H,6-7,9,11-13,15,17-18,21,24-44H2,1-5H3/p+1/b10-8-,16-14-,20-19-,23-22-. The van der Waals surface area contributed by atoms with Crippen molar-refractivity contribution in [1.29, 1.82) is 0 Å². The molecule has 0 aliphatic heterocycles. The Bertz CT molecular complexity index is 1020. The van der Waals surface area contributed by atoms with Gasteiger partial charge in [-0.1, -0.05) is 172 Å². The zero-order valence-corrected chi connectivity index (χ0v) is 37.3. The largest absolute Gasteiger partial charge is 0.472 e. The summed E-state index contributed by atoms with van der Waals surface area (Å²) in [5.74, 6) is -0.319. The first-order valence-electron chi connectivity index (χ1n) is 22.4. The van der Waals surface area contributed by atoms with E-state index in [1.54, 1.807) is 0 Å². The van der Waals surface area contributed by atoms with Crippen molar-refractivity contribution in [3.05, 3.63) is 48.6 Å². The van der Waals surface area contributed by atoms with Gasteiger partial charge in [0.15, 0.2) is 0 Å². The summed E-state index contributed by atoms with van der Waals surface area (Å²) in [7, 11) is 1.66. The second kappa shape index (κ2) is 39.3. The second-order valence-corrected chi connectivity index (χ2v) is 17.5. The fraction of sp³-hybridized carbons (Fsp3) is 0.804. The molecule has 0 aromatic heterocycles. The van der Waals surface area contributed by atoms with Gasteiger partial charge in [0.25, 0.3) is 0 Å². The molecule has 9 heteroatoms. The average molecular weight is 797 g/mol. The number of phosphoric ester groups is 1. The molecule has 0 heterocycles. The van der Waals surface area contributed by atoms with E-state index in [9.17, 15) is 14.3 Å². The number of quaternary nitrogens is 1. The molecule has 0 bridgehead atoms. The van der Waals surface area contributed by atoms with Gasteiger partial charge in [-0.2, -0.15) is 0 Å². The predicted molar refractivity (Wildman–Crippen MR) is 233 cm³/mol. The van der Waals surface area contributed by atoms with Crippen molar-refractivity contribution in [2.24, 2.45) is 0 Å². The minimum atomic E-state index is -4.27. The number of hydrogen-bond acceptors (Lipinski definition) is 6. The number of nitrogens with zero attached hydrogens (tertiary/aromatic N) is 1. The van der Waals surface area contributed by atoms with Crippen molar-refractivity contribution in [3.8, 4) is 0 Å². The fourth-order valence-electron chi connectivity index (χ4n) is 5.96. The number of esters is 1. The molecule has 0 spiro atoms. The van der Waals surface area contributed by atoms with E-state index in [4.69, 9.17) is 18.5 Å². The maximum Gasteiger partial charge on any atom is 0.472 e. The number of carbonyl (C=O) groups excluding carboxylic acids is 1. The molecule has 1 N–H and O–H groups in total. The van der Waals surface area contributed by atoms with Gasteiger partial charge in [0, 0.05) is 13.0 Å². The SMILES string of the molecule is CC/C=C\C/C=C\C/C=C\C/C=C\CCCCCCCCCCCCC(=O)OC(COCCCCCCCCCCCC)COP(=O)(O)OCC[N+](C)(C)C. The maximum atomic E-state index is 12.7. The number of phosphoric acid groups is 1. The van der Waals surface area contributed by atoms with Crippen LogP contribution in [0.3, 0.4) is 0 Å². The summed E-state index contributed by atoms with van der Waals surface area (Å²) in [4.78, 5) is 22.9. The molecule has 55 heavy (non-hydrogen) atoms. The molecule has 0 aromatic carbocycles. The summed E-state index contributed by atoms with van der Waals surface area (Å²) >= 11 is 0. The zero-order valence-electron chi connectivity index (χ0n) is 36.4. The van der Waals surface area contributed by atoms with Gasteiger partial charge in [-0.25, -0.2) is 4.57 Å². The summed E-state index contributed by atoms with van der Waals surface area (Å²) in [6.07, 6.45) is 47.1. The van der Waals surface area contributed by atoms with Crippen LogP contribution in [-0.4, -0.2) is 75.6 Å². The Kier molecular flexibility index (Phi) is 38.2. The molecule has 0 rings (SSSR count). The number of carbonyl (C=O) groups is 1. The molecule has 322 valence electrons. The number of hydrogen-bond donors (Lipinski definition) is 1. The molecule has 2 unspecified atom stereocenters. The van der Waals surface area contributed by atoms with Crippen molar-refractivity contribution in [1.82, 2.24) is 0 Å². The highest BCUT2D eigenvalue weighted by Crippen LogP contribution is 2.43. The van der Waals surface area contributed by atoms with E-state index in [1.807, 2.05) is 21.1 Å². The Morgan fingerprint density at radius 3 is 1.58 bits per heavy atom. The highest BCUT2D eigenvalue weighted by Gasteiger charge is 2.26. The lowest BCUT2D eigenvalue weighted by atomic mass is 10.0. The summed E-state index contributed by atoms with van der Waals surface area (Å²) < 4.78 is 34.9. The van der Waals surface area contributed by atoms with Gasteiger partial charge in [-0.15, -0.1) is 0 Å². The molecule has 0 fully saturated rings. The molecule has 8 nitrogen and oxygen atoms in total. The second-order valence-electron chi connectivity index (χ2n) is 16.1. The molecule has 0 radical (unpaired) electrons. The zero-order chi connectivity index (χ0) is 40.6. The van der Waals surface area contributed by atoms with Gasteiger partial charge in [-0.05, 0) is 51.4 Å². The first-order valence-corrected chi connectivity index (χ1v) is 23.9. The number of unbranched alkanes of at least 4 members (excludes halogenated alkanes) is 19. The topological polar surface area (TPSA) is 91.3 Å².